The maximum atomic E-state index is 4.75. The van der Waals surface area contributed by atoms with Crippen LogP contribution in [0.2, 0.25) is 0 Å². The molecule has 8 aromatic rings. The van der Waals surface area contributed by atoms with E-state index in [0.29, 0.717) is 5.82 Å². The fourth-order valence-electron chi connectivity index (χ4n) is 5.53. The number of hydrogen-bond acceptors (Lipinski definition) is 3. The van der Waals surface area contributed by atoms with Crippen molar-refractivity contribution in [3.8, 4) is 22.8 Å². The Morgan fingerprint density at radius 2 is 1.42 bits per heavy atom. The van der Waals surface area contributed by atoms with Gasteiger partial charge in [0.2, 0.25) is 0 Å². The second-order valence-electron chi connectivity index (χ2n) is 9.44. The van der Waals surface area contributed by atoms with Crippen LogP contribution in [0.25, 0.3) is 66.4 Å². The van der Waals surface area contributed by atoms with Crippen LogP contribution in [0.1, 0.15) is 0 Å². The number of aromatic nitrogens is 5. The zero-order chi connectivity index (χ0) is 25.1. The smallest absolute Gasteiger partial charge is 0.159 e. The molecular weight excluding hydrogens is 466 g/mol. The van der Waals surface area contributed by atoms with Gasteiger partial charge >= 0.3 is 0 Å². The fraction of sp³-hybridized carbons (Fsp3) is 0. The van der Waals surface area contributed by atoms with Crippen molar-refractivity contribution in [2.45, 2.75) is 0 Å². The van der Waals surface area contributed by atoms with Crippen molar-refractivity contribution in [1.82, 2.24) is 24.1 Å². The molecule has 0 saturated carbocycles. The first-order valence-electron chi connectivity index (χ1n) is 12.6. The average molecular weight is 488 g/mol. The second kappa shape index (κ2) is 8.11. The van der Waals surface area contributed by atoms with Gasteiger partial charge in [-0.25, -0.2) is 9.97 Å². The number of para-hydroxylation sites is 2. The van der Waals surface area contributed by atoms with Gasteiger partial charge in [0, 0.05) is 63.3 Å². The summed E-state index contributed by atoms with van der Waals surface area (Å²) in [7, 11) is 0. The van der Waals surface area contributed by atoms with E-state index >= 15 is 0 Å². The standard InChI is InChI=1S/C33H21N5/c1-2-6-24(7-3-1)37-19-17-28-30(37)15-14-27-26-8-4-5-9-31(26)38(32(27)28)25-12-10-22(11-13-25)33-35-21-23-20-34-18-16-29(23)36-33/h1-21H. The van der Waals surface area contributed by atoms with Gasteiger partial charge in [0.05, 0.1) is 22.1 Å². The van der Waals surface area contributed by atoms with Gasteiger partial charge < -0.3 is 9.13 Å². The van der Waals surface area contributed by atoms with E-state index in [0.717, 1.165) is 27.8 Å². The van der Waals surface area contributed by atoms with Crippen LogP contribution in [0.15, 0.2) is 128 Å². The molecule has 0 aliphatic heterocycles. The quantitative estimate of drug-likeness (QED) is 0.256. The molecule has 5 heteroatoms. The first kappa shape index (κ1) is 20.9. The first-order valence-corrected chi connectivity index (χ1v) is 12.6. The molecule has 8 rings (SSSR count). The predicted molar refractivity (Wildman–Crippen MR) is 154 cm³/mol. The minimum absolute atomic E-state index is 0.708. The van der Waals surface area contributed by atoms with E-state index < -0.39 is 0 Å². The number of hydrogen-bond donors (Lipinski definition) is 0. The highest BCUT2D eigenvalue weighted by Gasteiger charge is 2.17. The third-order valence-corrected chi connectivity index (χ3v) is 7.30. The van der Waals surface area contributed by atoms with Crippen LogP contribution in [0, 0.1) is 0 Å². The van der Waals surface area contributed by atoms with E-state index in [9.17, 15) is 0 Å². The minimum atomic E-state index is 0.708. The van der Waals surface area contributed by atoms with E-state index in [1.54, 1.807) is 12.4 Å². The summed E-state index contributed by atoms with van der Waals surface area (Å²) in [5, 5.41) is 4.64. The predicted octanol–water partition coefficient (Wildman–Crippen LogP) is 7.73. The zero-order valence-corrected chi connectivity index (χ0v) is 20.4. The van der Waals surface area contributed by atoms with E-state index in [-0.39, 0.29) is 0 Å². The Balaban J connectivity index is 1.34. The average Bonchev–Trinajstić information content (AvgIpc) is 3.57. The Labute approximate surface area is 218 Å². The largest absolute Gasteiger partial charge is 0.316 e. The van der Waals surface area contributed by atoms with Crippen LogP contribution >= 0.6 is 0 Å². The molecule has 0 spiro atoms. The lowest BCUT2D eigenvalue weighted by molar-refractivity contribution is 1.13. The second-order valence-corrected chi connectivity index (χ2v) is 9.44. The van der Waals surface area contributed by atoms with E-state index in [4.69, 9.17) is 4.98 Å². The van der Waals surface area contributed by atoms with Crippen molar-refractivity contribution in [2.75, 3.05) is 0 Å². The maximum Gasteiger partial charge on any atom is 0.159 e. The summed E-state index contributed by atoms with van der Waals surface area (Å²) in [6.45, 7) is 0. The van der Waals surface area contributed by atoms with Crippen molar-refractivity contribution in [2.24, 2.45) is 0 Å². The summed E-state index contributed by atoms with van der Waals surface area (Å²) in [5.74, 6) is 0.708. The molecule has 4 aromatic heterocycles. The normalized spacial score (nSPS) is 11.7. The number of pyridine rings is 1. The summed E-state index contributed by atoms with van der Waals surface area (Å²) in [5.41, 5.74) is 7.70. The van der Waals surface area contributed by atoms with Gasteiger partial charge in [-0.2, -0.15) is 0 Å². The lowest BCUT2D eigenvalue weighted by atomic mass is 10.1. The molecule has 178 valence electrons. The Hall–Kier alpha value is -5.29. The molecule has 0 amide bonds. The molecule has 0 aliphatic carbocycles. The van der Waals surface area contributed by atoms with Crippen LogP contribution in [0.3, 0.4) is 0 Å². The first-order chi connectivity index (χ1) is 18.8. The summed E-state index contributed by atoms with van der Waals surface area (Å²) in [6, 6.07) is 36.3. The molecule has 4 heterocycles. The Bertz CT molecular complexity index is 2120. The Kier molecular flexibility index (Phi) is 4.45. The molecule has 5 nitrogen and oxygen atoms in total. The van der Waals surface area contributed by atoms with E-state index in [1.807, 2.05) is 12.3 Å². The van der Waals surface area contributed by atoms with Gasteiger partial charge in [-0.1, -0.05) is 42.5 Å². The Morgan fingerprint density at radius 1 is 0.579 bits per heavy atom. The van der Waals surface area contributed by atoms with Crippen LogP contribution in [-0.2, 0) is 0 Å². The molecule has 38 heavy (non-hydrogen) atoms. The lowest BCUT2D eigenvalue weighted by Gasteiger charge is -2.10. The van der Waals surface area contributed by atoms with Crippen molar-refractivity contribution in [3.63, 3.8) is 0 Å². The Morgan fingerprint density at radius 3 is 2.32 bits per heavy atom. The fourth-order valence-corrected chi connectivity index (χ4v) is 5.53. The number of fused-ring (bicyclic) bond motifs is 6. The monoisotopic (exact) mass is 487 g/mol. The van der Waals surface area contributed by atoms with Crippen molar-refractivity contribution in [1.29, 1.82) is 0 Å². The van der Waals surface area contributed by atoms with Gasteiger partial charge in [-0.3, -0.25) is 4.98 Å². The topological polar surface area (TPSA) is 48.5 Å². The number of nitrogens with zero attached hydrogens (tertiary/aromatic N) is 5. The molecule has 0 N–H and O–H groups in total. The molecule has 0 saturated heterocycles. The summed E-state index contributed by atoms with van der Waals surface area (Å²) < 4.78 is 4.63. The van der Waals surface area contributed by atoms with Crippen molar-refractivity contribution in [3.05, 3.63) is 128 Å². The molecular formula is C33H21N5. The SMILES string of the molecule is c1ccc(-n2ccc3c2ccc2c4ccccc4n(-c4ccc(-c5ncc6cnccc6n5)cc4)c23)cc1. The van der Waals surface area contributed by atoms with Crippen LogP contribution in [0.5, 0.6) is 0 Å². The van der Waals surface area contributed by atoms with Crippen LogP contribution in [0.4, 0.5) is 0 Å². The number of benzene rings is 4. The molecule has 0 bridgehead atoms. The molecule has 0 radical (unpaired) electrons. The highest BCUT2D eigenvalue weighted by Crippen LogP contribution is 2.37. The van der Waals surface area contributed by atoms with Crippen molar-refractivity contribution >= 4 is 43.6 Å². The summed E-state index contributed by atoms with van der Waals surface area (Å²) in [4.78, 5) is 13.5. The third kappa shape index (κ3) is 3.09. The van der Waals surface area contributed by atoms with Gasteiger partial charge in [0.1, 0.15) is 0 Å². The highest BCUT2D eigenvalue weighted by atomic mass is 15.0. The molecule has 0 unspecified atom stereocenters. The van der Waals surface area contributed by atoms with Crippen LogP contribution in [-0.4, -0.2) is 24.1 Å². The van der Waals surface area contributed by atoms with Gasteiger partial charge in [-0.15, -0.1) is 0 Å². The lowest BCUT2D eigenvalue weighted by Crippen LogP contribution is -1.96. The van der Waals surface area contributed by atoms with Gasteiger partial charge in [0.25, 0.3) is 0 Å². The molecule has 0 atom stereocenters. The van der Waals surface area contributed by atoms with Gasteiger partial charge in [0.15, 0.2) is 5.82 Å². The molecule has 4 aromatic carbocycles. The molecule has 0 aliphatic rings. The minimum Gasteiger partial charge on any atom is -0.316 e. The molecule has 0 fully saturated rings. The van der Waals surface area contributed by atoms with E-state index in [2.05, 4.69) is 122 Å². The summed E-state index contributed by atoms with van der Waals surface area (Å²) in [6.07, 6.45) is 7.55. The number of rotatable bonds is 3. The maximum absolute atomic E-state index is 4.75. The van der Waals surface area contributed by atoms with Crippen molar-refractivity contribution < 1.29 is 0 Å². The summed E-state index contributed by atoms with van der Waals surface area (Å²) >= 11 is 0. The van der Waals surface area contributed by atoms with Gasteiger partial charge in [-0.05, 0) is 60.7 Å². The third-order valence-electron chi connectivity index (χ3n) is 7.30. The van der Waals surface area contributed by atoms with Crippen LogP contribution < -0.4 is 0 Å². The highest BCUT2D eigenvalue weighted by molar-refractivity contribution is 6.18. The zero-order valence-electron chi connectivity index (χ0n) is 20.4. The van der Waals surface area contributed by atoms with E-state index in [1.165, 1.54) is 32.7 Å².